The molecule has 0 radical (unpaired) electrons. The minimum Gasteiger partial charge on any atom is -0.480 e. The van der Waals surface area contributed by atoms with Gasteiger partial charge in [-0.2, -0.15) is 0 Å². The van der Waals surface area contributed by atoms with Gasteiger partial charge in [-0.3, -0.25) is 0 Å². The number of likely N-dealkylation sites (tertiary alicyclic amines) is 1. The summed E-state index contributed by atoms with van der Waals surface area (Å²) < 4.78 is 0. The first kappa shape index (κ1) is 15.1. The second-order valence-electron chi connectivity index (χ2n) is 5.88. The topological polar surface area (TPSA) is 89.9 Å². The van der Waals surface area contributed by atoms with Crippen LogP contribution in [0.4, 0.5) is 4.79 Å². The van der Waals surface area contributed by atoms with Gasteiger partial charge >= 0.3 is 12.0 Å². The van der Waals surface area contributed by atoms with Crippen LogP contribution >= 0.6 is 0 Å². The molecular weight excluding hydrogens is 260 g/mol. The molecule has 6 nitrogen and oxygen atoms in total. The van der Waals surface area contributed by atoms with Crippen molar-refractivity contribution >= 4 is 12.0 Å². The number of aliphatic hydroxyl groups is 1. The van der Waals surface area contributed by atoms with Gasteiger partial charge in [-0.15, -0.1) is 0 Å². The monoisotopic (exact) mass is 284 g/mol. The molecule has 0 aromatic rings. The van der Waals surface area contributed by atoms with Crippen LogP contribution in [0.15, 0.2) is 0 Å². The summed E-state index contributed by atoms with van der Waals surface area (Å²) in [6, 6.07) is -1.09. The Hall–Kier alpha value is -1.30. The van der Waals surface area contributed by atoms with Gasteiger partial charge in [0.25, 0.3) is 0 Å². The Labute approximate surface area is 119 Å². The van der Waals surface area contributed by atoms with E-state index in [9.17, 15) is 19.8 Å². The van der Waals surface area contributed by atoms with Crippen LogP contribution in [0.25, 0.3) is 0 Å². The molecule has 1 saturated heterocycles. The number of aliphatic hydroxyl groups excluding tert-OH is 1. The van der Waals surface area contributed by atoms with E-state index in [1.165, 1.54) is 0 Å². The third-order valence-electron chi connectivity index (χ3n) is 4.42. The SMILES string of the molecule is O=C(O)C(NC(=O)N1CCC(O)CC1)C1CCCCC1. The molecule has 1 aliphatic heterocycles. The van der Waals surface area contributed by atoms with Gasteiger partial charge in [-0.1, -0.05) is 19.3 Å². The molecule has 2 aliphatic rings. The number of carboxylic acid groups (broad SMARTS) is 1. The van der Waals surface area contributed by atoms with Crippen molar-refractivity contribution in [3.05, 3.63) is 0 Å². The van der Waals surface area contributed by atoms with Crippen molar-refractivity contribution in [2.24, 2.45) is 5.92 Å². The number of hydrogen-bond acceptors (Lipinski definition) is 3. The van der Waals surface area contributed by atoms with Crippen molar-refractivity contribution in [1.82, 2.24) is 10.2 Å². The van der Waals surface area contributed by atoms with Crippen LogP contribution in [0.5, 0.6) is 0 Å². The largest absolute Gasteiger partial charge is 0.480 e. The number of carbonyl (C=O) groups excluding carboxylic acids is 1. The summed E-state index contributed by atoms with van der Waals surface area (Å²) in [6.45, 7) is 0.980. The second-order valence-corrected chi connectivity index (χ2v) is 5.88. The third-order valence-corrected chi connectivity index (χ3v) is 4.42. The molecule has 1 heterocycles. The molecule has 2 amide bonds. The Balaban J connectivity index is 1.90. The average molecular weight is 284 g/mol. The lowest BCUT2D eigenvalue weighted by Crippen LogP contribution is -2.53. The van der Waals surface area contributed by atoms with Crippen molar-refractivity contribution in [3.8, 4) is 0 Å². The minimum absolute atomic E-state index is 0.0422. The number of carbonyl (C=O) groups is 2. The van der Waals surface area contributed by atoms with Crippen molar-refractivity contribution < 1.29 is 19.8 Å². The van der Waals surface area contributed by atoms with Crippen LogP contribution < -0.4 is 5.32 Å². The lowest BCUT2D eigenvalue weighted by molar-refractivity contribution is -0.141. The normalized spacial score (nSPS) is 23.4. The van der Waals surface area contributed by atoms with Crippen LogP contribution in [-0.2, 0) is 4.79 Å². The van der Waals surface area contributed by atoms with Gasteiger partial charge in [0.15, 0.2) is 0 Å². The molecule has 114 valence electrons. The van der Waals surface area contributed by atoms with Crippen LogP contribution in [0, 0.1) is 5.92 Å². The fourth-order valence-electron chi connectivity index (χ4n) is 3.14. The number of amides is 2. The molecule has 0 bridgehead atoms. The molecule has 0 spiro atoms. The third kappa shape index (κ3) is 3.85. The summed E-state index contributed by atoms with van der Waals surface area (Å²) in [4.78, 5) is 25.1. The fraction of sp³-hybridized carbons (Fsp3) is 0.857. The molecule has 3 N–H and O–H groups in total. The van der Waals surface area contributed by atoms with E-state index in [2.05, 4.69) is 5.32 Å². The highest BCUT2D eigenvalue weighted by Gasteiger charge is 2.32. The summed E-state index contributed by atoms with van der Waals surface area (Å²) >= 11 is 0. The van der Waals surface area contributed by atoms with E-state index in [4.69, 9.17) is 0 Å². The molecule has 1 aliphatic carbocycles. The van der Waals surface area contributed by atoms with Gasteiger partial charge < -0.3 is 20.4 Å². The minimum atomic E-state index is -0.942. The summed E-state index contributed by atoms with van der Waals surface area (Å²) in [7, 11) is 0. The lowest BCUT2D eigenvalue weighted by Gasteiger charge is -2.33. The number of urea groups is 1. The number of piperidine rings is 1. The molecule has 0 aromatic carbocycles. The highest BCUT2D eigenvalue weighted by Crippen LogP contribution is 2.26. The predicted octanol–water partition coefficient (Wildman–Crippen LogP) is 1.19. The molecular formula is C14H24N2O4. The van der Waals surface area contributed by atoms with Gasteiger partial charge in [0, 0.05) is 13.1 Å². The van der Waals surface area contributed by atoms with E-state index >= 15 is 0 Å². The van der Waals surface area contributed by atoms with Gasteiger partial charge in [0.05, 0.1) is 6.10 Å². The summed E-state index contributed by atoms with van der Waals surface area (Å²) in [5.74, 6) is -0.900. The summed E-state index contributed by atoms with van der Waals surface area (Å²) in [6.07, 6.45) is 5.77. The zero-order chi connectivity index (χ0) is 14.5. The zero-order valence-electron chi connectivity index (χ0n) is 11.8. The number of nitrogens with zero attached hydrogens (tertiary/aromatic N) is 1. The van der Waals surface area contributed by atoms with E-state index in [0.29, 0.717) is 25.9 Å². The Kier molecular flexibility index (Phi) is 5.23. The van der Waals surface area contributed by atoms with E-state index in [1.54, 1.807) is 4.90 Å². The highest BCUT2D eigenvalue weighted by molar-refractivity contribution is 5.82. The average Bonchev–Trinajstić information content (AvgIpc) is 2.46. The Morgan fingerprint density at radius 1 is 1.05 bits per heavy atom. The Bertz CT molecular complexity index is 347. The van der Waals surface area contributed by atoms with Gasteiger partial charge in [-0.25, -0.2) is 9.59 Å². The second kappa shape index (κ2) is 6.92. The molecule has 0 aromatic heterocycles. The highest BCUT2D eigenvalue weighted by atomic mass is 16.4. The van der Waals surface area contributed by atoms with Crippen molar-refractivity contribution in [1.29, 1.82) is 0 Å². The van der Waals surface area contributed by atoms with Crippen LogP contribution in [0.1, 0.15) is 44.9 Å². The van der Waals surface area contributed by atoms with Crippen molar-refractivity contribution in [2.45, 2.75) is 57.1 Å². The van der Waals surface area contributed by atoms with Gasteiger partial charge in [0.2, 0.25) is 0 Å². The van der Waals surface area contributed by atoms with E-state index in [0.717, 1.165) is 32.1 Å². The molecule has 1 atom stereocenters. The lowest BCUT2D eigenvalue weighted by atomic mass is 9.84. The first-order chi connectivity index (χ1) is 9.58. The summed E-state index contributed by atoms with van der Waals surface area (Å²) in [5, 5.41) is 21.4. The first-order valence-corrected chi connectivity index (χ1v) is 7.54. The van der Waals surface area contributed by atoms with Crippen LogP contribution in [0.3, 0.4) is 0 Å². The summed E-state index contributed by atoms with van der Waals surface area (Å²) in [5.41, 5.74) is 0. The van der Waals surface area contributed by atoms with E-state index in [1.807, 2.05) is 0 Å². The van der Waals surface area contributed by atoms with Crippen LogP contribution in [-0.4, -0.2) is 52.3 Å². The number of aliphatic carboxylic acids is 1. The van der Waals surface area contributed by atoms with Crippen molar-refractivity contribution in [2.75, 3.05) is 13.1 Å². The number of nitrogens with one attached hydrogen (secondary N) is 1. The zero-order valence-corrected chi connectivity index (χ0v) is 11.8. The van der Waals surface area contributed by atoms with Crippen molar-refractivity contribution in [3.63, 3.8) is 0 Å². The molecule has 6 heteroatoms. The quantitative estimate of drug-likeness (QED) is 0.726. The smallest absolute Gasteiger partial charge is 0.326 e. The number of rotatable bonds is 3. The molecule has 1 saturated carbocycles. The van der Waals surface area contributed by atoms with Gasteiger partial charge in [-0.05, 0) is 31.6 Å². The number of hydrogen-bond donors (Lipinski definition) is 3. The maximum absolute atomic E-state index is 12.1. The predicted molar refractivity (Wildman–Crippen MR) is 73.3 cm³/mol. The molecule has 2 fully saturated rings. The molecule has 20 heavy (non-hydrogen) atoms. The molecule has 2 rings (SSSR count). The molecule has 1 unspecified atom stereocenters. The standard InChI is InChI=1S/C14H24N2O4/c17-11-6-8-16(9-7-11)14(20)15-12(13(18)19)10-4-2-1-3-5-10/h10-12,17H,1-9H2,(H,15,20)(H,18,19). The number of carboxylic acids is 1. The fourth-order valence-corrected chi connectivity index (χ4v) is 3.14. The first-order valence-electron chi connectivity index (χ1n) is 7.54. The van der Waals surface area contributed by atoms with E-state index < -0.39 is 12.0 Å². The Morgan fingerprint density at radius 3 is 2.20 bits per heavy atom. The maximum atomic E-state index is 12.1. The van der Waals surface area contributed by atoms with E-state index in [-0.39, 0.29) is 18.1 Å². The Morgan fingerprint density at radius 2 is 1.65 bits per heavy atom. The maximum Gasteiger partial charge on any atom is 0.326 e. The van der Waals surface area contributed by atoms with Gasteiger partial charge in [0.1, 0.15) is 6.04 Å². The van der Waals surface area contributed by atoms with Crippen LogP contribution in [0.2, 0.25) is 0 Å².